The first-order chi connectivity index (χ1) is 21.0. The van der Waals surface area contributed by atoms with Crippen LogP contribution in [0, 0.1) is 0 Å². The lowest BCUT2D eigenvalue weighted by atomic mass is 10.1. The molecule has 2 aromatic carbocycles. The summed E-state index contributed by atoms with van der Waals surface area (Å²) in [6.07, 6.45) is 2.21. The van der Waals surface area contributed by atoms with Crippen LogP contribution in [0.25, 0.3) is 10.9 Å². The van der Waals surface area contributed by atoms with Gasteiger partial charge in [0.2, 0.25) is 0 Å². The standard InChI is InChI=1S/C11H12N2O2.C9H11NO3.C5H9NO4.C3H7NO2S/c12-9(11(14)15)5-7-6-13-10-4-2-1-3-8(7)10;10-8(9(12)13)5-6-1-3-7(11)4-2-6;6-3(5(9)10)1-2-4(7)8;4-2(1-7)3(5)6/h1-4,6,9,13H,5,12H2,(H,14,15);1-4,8,11H,5,10H2,(H,12,13);3H,1-2,6H2,(H,7,8)(H,9,10);2,7H,1,4H2,(H,5,6)/t9-;8-;3-;2-/m0000/s1. The molecular formula is C28H39N5O11S. The minimum absolute atomic E-state index is 0.0231. The highest BCUT2D eigenvalue weighted by Gasteiger charge is 2.15. The van der Waals surface area contributed by atoms with Crippen LogP contribution in [0.3, 0.4) is 0 Å². The lowest BCUT2D eigenvalue weighted by molar-refractivity contribution is -0.141. The van der Waals surface area contributed by atoms with Crippen LogP contribution in [0.15, 0.2) is 54.7 Å². The average Bonchev–Trinajstić information content (AvgIpc) is 3.39. The van der Waals surface area contributed by atoms with Crippen LogP contribution in [0.1, 0.15) is 24.0 Å². The lowest BCUT2D eigenvalue weighted by Crippen LogP contribution is -2.32. The number of thiol groups is 1. The fraction of sp³-hybridized carbons (Fsp3) is 0.321. The number of hydrogen-bond donors (Lipinski definition) is 12. The molecule has 1 aromatic heterocycles. The van der Waals surface area contributed by atoms with Crippen molar-refractivity contribution >= 4 is 53.4 Å². The number of aromatic amines is 1. The molecule has 0 saturated carbocycles. The van der Waals surface area contributed by atoms with Crippen molar-refractivity contribution in [2.75, 3.05) is 5.75 Å². The van der Waals surface area contributed by atoms with Crippen LogP contribution < -0.4 is 22.9 Å². The van der Waals surface area contributed by atoms with Crippen molar-refractivity contribution in [2.24, 2.45) is 22.9 Å². The third kappa shape index (κ3) is 17.3. The number of aromatic nitrogens is 1. The van der Waals surface area contributed by atoms with Gasteiger partial charge in [0.25, 0.3) is 0 Å². The van der Waals surface area contributed by atoms with E-state index in [9.17, 15) is 24.0 Å². The number of aromatic hydroxyl groups is 1. The topological polar surface area (TPSA) is 327 Å². The van der Waals surface area contributed by atoms with Crippen LogP contribution in [-0.4, -0.2) is 95.4 Å². The Morgan fingerprint density at radius 3 is 1.62 bits per heavy atom. The second kappa shape index (κ2) is 21.1. The molecule has 248 valence electrons. The van der Waals surface area contributed by atoms with Gasteiger partial charge in [0.15, 0.2) is 0 Å². The molecule has 0 radical (unpaired) electrons. The normalized spacial score (nSPS) is 12.7. The van der Waals surface area contributed by atoms with Gasteiger partial charge in [0.1, 0.15) is 29.9 Å². The maximum atomic E-state index is 10.6. The molecule has 0 unspecified atom stereocenters. The summed E-state index contributed by atoms with van der Waals surface area (Å²) in [5.74, 6) is -4.84. The summed E-state index contributed by atoms with van der Waals surface area (Å²) >= 11 is 3.65. The summed E-state index contributed by atoms with van der Waals surface area (Å²) in [7, 11) is 0. The van der Waals surface area contributed by atoms with E-state index in [2.05, 4.69) is 17.6 Å². The van der Waals surface area contributed by atoms with Crippen LogP contribution in [0.4, 0.5) is 0 Å². The molecule has 0 amide bonds. The van der Waals surface area contributed by atoms with Gasteiger partial charge in [-0.3, -0.25) is 24.0 Å². The van der Waals surface area contributed by atoms with Gasteiger partial charge in [-0.15, -0.1) is 0 Å². The first kappa shape index (κ1) is 40.3. The van der Waals surface area contributed by atoms with Gasteiger partial charge in [0, 0.05) is 35.7 Å². The minimum Gasteiger partial charge on any atom is -0.508 e. The summed E-state index contributed by atoms with van der Waals surface area (Å²) in [5.41, 5.74) is 23.5. The van der Waals surface area contributed by atoms with Gasteiger partial charge < -0.3 is 58.6 Å². The predicted octanol–water partition coefficient (Wildman–Crippen LogP) is 0.0601. The van der Waals surface area contributed by atoms with Crippen molar-refractivity contribution in [1.29, 1.82) is 0 Å². The molecule has 0 aliphatic carbocycles. The number of fused-ring (bicyclic) bond motifs is 1. The first-order valence-electron chi connectivity index (χ1n) is 13.1. The Morgan fingerprint density at radius 1 is 0.689 bits per heavy atom. The molecule has 0 saturated heterocycles. The second-order valence-corrected chi connectivity index (χ2v) is 9.69. The monoisotopic (exact) mass is 653 g/mol. The smallest absolute Gasteiger partial charge is 0.321 e. The van der Waals surface area contributed by atoms with Crippen LogP contribution in [-0.2, 0) is 36.8 Å². The lowest BCUT2D eigenvalue weighted by Gasteiger charge is -2.05. The summed E-state index contributed by atoms with van der Waals surface area (Å²) in [6, 6.07) is 10.5. The van der Waals surface area contributed by atoms with Gasteiger partial charge in [-0.25, -0.2) is 0 Å². The Kier molecular flexibility index (Phi) is 18.9. The number of phenols is 1. The molecule has 0 fully saturated rings. The van der Waals surface area contributed by atoms with E-state index in [1.165, 1.54) is 12.1 Å². The third-order valence-electron chi connectivity index (χ3n) is 5.64. The molecule has 0 aliphatic rings. The zero-order valence-electron chi connectivity index (χ0n) is 24.0. The molecule has 4 atom stereocenters. The van der Waals surface area contributed by atoms with Crippen LogP contribution >= 0.6 is 12.6 Å². The highest BCUT2D eigenvalue weighted by Crippen LogP contribution is 2.18. The molecule has 45 heavy (non-hydrogen) atoms. The number of aliphatic carboxylic acids is 5. The fourth-order valence-electron chi connectivity index (χ4n) is 3.08. The summed E-state index contributed by atoms with van der Waals surface area (Å²) < 4.78 is 0. The number of hydrogen-bond acceptors (Lipinski definition) is 11. The molecule has 3 rings (SSSR count). The van der Waals surface area contributed by atoms with E-state index in [0.29, 0.717) is 6.42 Å². The largest absolute Gasteiger partial charge is 0.508 e. The maximum absolute atomic E-state index is 10.6. The van der Waals surface area contributed by atoms with Gasteiger partial charge in [-0.05, 0) is 42.2 Å². The zero-order valence-corrected chi connectivity index (χ0v) is 24.9. The fourth-order valence-corrected chi connectivity index (χ4v) is 3.23. The number of nitrogens with two attached hydrogens (primary N) is 4. The third-order valence-corrected chi connectivity index (χ3v) is 6.03. The SMILES string of the molecule is N[C@@H](CCC(=O)O)C(=O)O.N[C@@H](CS)C(=O)O.N[C@@H](Cc1c[nH]c2ccccc12)C(=O)O.N[C@@H](Cc1ccc(O)cc1)C(=O)O. The van der Waals surface area contributed by atoms with Crippen LogP contribution in [0.5, 0.6) is 5.75 Å². The molecular weight excluding hydrogens is 614 g/mol. The van der Waals surface area contributed by atoms with Gasteiger partial charge in [-0.2, -0.15) is 12.6 Å². The number of para-hydroxylation sites is 1. The van der Waals surface area contributed by atoms with Crippen molar-refractivity contribution < 1.29 is 54.6 Å². The number of phenolic OH excluding ortho intramolecular Hbond substituents is 1. The van der Waals surface area contributed by atoms with Crippen molar-refractivity contribution in [3.8, 4) is 5.75 Å². The molecule has 0 aliphatic heterocycles. The molecule has 3 aromatic rings. The highest BCUT2D eigenvalue weighted by molar-refractivity contribution is 7.80. The van der Waals surface area contributed by atoms with Gasteiger partial charge in [-0.1, -0.05) is 30.3 Å². The number of H-pyrrole nitrogens is 1. The Morgan fingerprint density at radius 2 is 1.18 bits per heavy atom. The van der Waals surface area contributed by atoms with Crippen molar-refractivity contribution in [3.63, 3.8) is 0 Å². The summed E-state index contributed by atoms with van der Waals surface area (Å²) in [6.45, 7) is 0. The first-order valence-corrected chi connectivity index (χ1v) is 13.7. The molecule has 17 heteroatoms. The molecule has 16 nitrogen and oxygen atoms in total. The average molecular weight is 654 g/mol. The predicted molar refractivity (Wildman–Crippen MR) is 167 cm³/mol. The Labute approximate surface area is 263 Å². The van der Waals surface area contributed by atoms with E-state index in [0.717, 1.165) is 22.0 Å². The Bertz CT molecular complexity index is 1380. The van der Waals surface area contributed by atoms with Crippen molar-refractivity contribution in [3.05, 3.63) is 65.9 Å². The number of nitrogens with one attached hydrogen (secondary N) is 1. The number of carbonyl (C=O) groups is 5. The van der Waals surface area contributed by atoms with E-state index >= 15 is 0 Å². The van der Waals surface area contributed by atoms with E-state index < -0.39 is 54.0 Å². The van der Waals surface area contributed by atoms with E-state index in [1.807, 2.05) is 30.5 Å². The van der Waals surface area contributed by atoms with Crippen molar-refractivity contribution in [1.82, 2.24) is 4.98 Å². The van der Waals surface area contributed by atoms with Gasteiger partial charge >= 0.3 is 29.8 Å². The van der Waals surface area contributed by atoms with Crippen molar-refractivity contribution in [2.45, 2.75) is 49.9 Å². The zero-order chi connectivity index (χ0) is 34.7. The summed E-state index contributed by atoms with van der Waals surface area (Å²) in [4.78, 5) is 53.7. The second-order valence-electron chi connectivity index (χ2n) is 9.33. The highest BCUT2D eigenvalue weighted by atomic mass is 32.1. The Hall–Kier alpha value is -4.68. The Balaban J connectivity index is 0.000000596. The molecule has 1 heterocycles. The molecule has 0 bridgehead atoms. The minimum atomic E-state index is -1.17. The van der Waals surface area contributed by atoms with Gasteiger partial charge in [0.05, 0.1) is 0 Å². The number of rotatable bonds is 12. The molecule has 15 N–H and O–H groups in total. The van der Waals surface area contributed by atoms with E-state index in [4.69, 9.17) is 53.6 Å². The maximum Gasteiger partial charge on any atom is 0.321 e. The van der Waals surface area contributed by atoms with E-state index in [1.54, 1.807) is 12.1 Å². The quantitative estimate of drug-likeness (QED) is 0.115. The van der Waals surface area contributed by atoms with E-state index in [-0.39, 0.29) is 30.8 Å². The molecule has 0 spiro atoms. The summed E-state index contributed by atoms with van der Waals surface area (Å²) in [5, 5.41) is 51.5. The number of benzene rings is 2. The number of carboxylic acid groups (broad SMARTS) is 5. The number of carboxylic acids is 5. The van der Waals surface area contributed by atoms with Crippen LogP contribution in [0.2, 0.25) is 0 Å².